The highest BCUT2D eigenvalue weighted by molar-refractivity contribution is 5.08. The molecule has 8 nitrogen and oxygen atoms in total. The van der Waals surface area contributed by atoms with Crippen molar-refractivity contribution in [2.45, 2.75) is 24.3 Å². The molecule has 1 fully saturated rings. The molecular formula is C11H13FN2O6. The van der Waals surface area contributed by atoms with Gasteiger partial charge in [-0.1, -0.05) is 6.58 Å². The van der Waals surface area contributed by atoms with E-state index in [0.717, 1.165) is 17.0 Å². The van der Waals surface area contributed by atoms with Gasteiger partial charge in [0.05, 0.1) is 6.26 Å². The van der Waals surface area contributed by atoms with Crippen LogP contribution in [0.2, 0.25) is 0 Å². The second kappa shape index (κ2) is 5.29. The van der Waals surface area contributed by atoms with Crippen LogP contribution < -0.4 is 10.4 Å². The van der Waals surface area contributed by atoms with Gasteiger partial charge < -0.3 is 24.8 Å². The molecule has 4 atom stereocenters. The second-order valence-corrected chi connectivity index (χ2v) is 4.13. The predicted molar refractivity (Wildman–Crippen MR) is 62.4 cm³/mol. The van der Waals surface area contributed by atoms with Gasteiger partial charge in [-0.15, -0.1) is 0 Å². The zero-order valence-corrected chi connectivity index (χ0v) is 10.2. The topological polar surface area (TPSA) is 114 Å². The van der Waals surface area contributed by atoms with Gasteiger partial charge in [0.1, 0.15) is 18.8 Å². The maximum Gasteiger partial charge on any atom is 0.353 e. The zero-order chi connectivity index (χ0) is 14.9. The highest BCUT2D eigenvalue weighted by Crippen LogP contribution is 2.37. The van der Waals surface area contributed by atoms with Crippen LogP contribution in [0.15, 0.2) is 29.9 Å². The molecule has 1 aliphatic heterocycles. The van der Waals surface area contributed by atoms with Gasteiger partial charge in [0.15, 0.2) is 6.23 Å². The summed E-state index contributed by atoms with van der Waals surface area (Å²) < 4.78 is 24.2. The molecule has 0 radical (unpaired) electrons. The number of halogens is 1. The first-order valence-corrected chi connectivity index (χ1v) is 5.63. The maximum atomic E-state index is 13.9. The van der Waals surface area contributed by atoms with Crippen molar-refractivity contribution in [2.75, 3.05) is 6.61 Å². The van der Waals surface area contributed by atoms with Crippen LogP contribution >= 0.6 is 0 Å². The number of rotatable bonds is 4. The number of ether oxygens (including phenoxy) is 2. The fourth-order valence-electron chi connectivity index (χ4n) is 1.85. The van der Waals surface area contributed by atoms with Crippen LogP contribution in [0.3, 0.4) is 0 Å². The highest BCUT2D eigenvalue weighted by Gasteiger charge is 2.55. The van der Waals surface area contributed by atoms with Crippen LogP contribution in [-0.2, 0) is 4.74 Å². The second-order valence-electron chi connectivity index (χ2n) is 4.13. The molecule has 2 rings (SSSR count). The van der Waals surface area contributed by atoms with Gasteiger partial charge in [0.2, 0.25) is 5.88 Å². The molecule has 20 heavy (non-hydrogen) atoms. The van der Waals surface area contributed by atoms with E-state index in [4.69, 9.17) is 14.6 Å². The van der Waals surface area contributed by atoms with Crippen molar-refractivity contribution in [3.63, 3.8) is 0 Å². The molecule has 9 heteroatoms. The highest BCUT2D eigenvalue weighted by atomic mass is 19.2. The van der Waals surface area contributed by atoms with Crippen molar-refractivity contribution < 1.29 is 29.2 Å². The van der Waals surface area contributed by atoms with Gasteiger partial charge in [-0.05, 0) is 0 Å². The summed E-state index contributed by atoms with van der Waals surface area (Å²) in [5.41, 5.74) is -0.886. The van der Waals surface area contributed by atoms with Crippen molar-refractivity contribution >= 4 is 0 Å². The molecule has 1 aromatic heterocycles. The van der Waals surface area contributed by atoms with E-state index in [2.05, 4.69) is 11.6 Å². The van der Waals surface area contributed by atoms with Crippen LogP contribution in [0.1, 0.15) is 6.23 Å². The molecule has 1 aliphatic rings. The van der Waals surface area contributed by atoms with Crippen LogP contribution in [0.4, 0.5) is 4.39 Å². The van der Waals surface area contributed by atoms with Gasteiger partial charge in [0.25, 0.3) is 5.85 Å². The SMILES string of the molecule is C=COc1ccn([C@@H]2O[C@](F)(CO)[C@@H](O)[C@H]2O)c(=O)n1. The Morgan fingerprint density at radius 2 is 2.35 bits per heavy atom. The summed E-state index contributed by atoms with van der Waals surface area (Å²) in [5.74, 6) is -2.89. The third-order valence-electron chi connectivity index (χ3n) is 2.87. The van der Waals surface area contributed by atoms with Crippen molar-refractivity contribution in [2.24, 2.45) is 0 Å². The average Bonchev–Trinajstić information content (AvgIpc) is 2.65. The maximum absolute atomic E-state index is 13.9. The van der Waals surface area contributed by atoms with E-state index < -0.39 is 36.6 Å². The number of aliphatic hydroxyl groups is 3. The van der Waals surface area contributed by atoms with Gasteiger partial charge >= 0.3 is 5.69 Å². The lowest BCUT2D eigenvalue weighted by Gasteiger charge is -2.19. The molecule has 0 spiro atoms. The molecule has 0 saturated carbocycles. The Bertz CT molecular complexity index is 564. The molecule has 0 bridgehead atoms. The summed E-state index contributed by atoms with van der Waals surface area (Å²) in [6.45, 7) is 2.13. The van der Waals surface area contributed by atoms with Crippen molar-refractivity contribution in [3.05, 3.63) is 35.6 Å². The molecule has 0 amide bonds. The van der Waals surface area contributed by atoms with Crippen molar-refractivity contribution in [3.8, 4) is 5.88 Å². The van der Waals surface area contributed by atoms with E-state index in [1.165, 1.54) is 6.07 Å². The van der Waals surface area contributed by atoms with E-state index >= 15 is 0 Å². The number of aromatic nitrogens is 2. The largest absolute Gasteiger partial charge is 0.447 e. The predicted octanol–water partition coefficient (Wildman–Crippen LogP) is -1.33. The fraction of sp³-hybridized carbons (Fsp3) is 0.455. The molecule has 0 aliphatic carbocycles. The zero-order valence-electron chi connectivity index (χ0n) is 10.2. The summed E-state index contributed by atoms with van der Waals surface area (Å²) in [4.78, 5) is 15.2. The molecule has 0 unspecified atom stereocenters. The van der Waals surface area contributed by atoms with Crippen molar-refractivity contribution in [1.82, 2.24) is 9.55 Å². The van der Waals surface area contributed by atoms with E-state index in [1.54, 1.807) is 0 Å². The summed E-state index contributed by atoms with van der Waals surface area (Å²) in [6, 6.07) is 1.27. The van der Waals surface area contributed by atoms with Crippen LogP contribution in [0.5, 0.6) is 5.88 Å². The first-order chi connectivity index (χ1) is 9.42. The molecule has 2 heterocycles. The monoisotopic (exact) mass is 288 g/mol. The molecule has 1 saturated heterocycles. The smallest absolute Gasteiger partial charge is 0.353 e. The Labute approximate surface area is 112 Å². The minimum atomic E-state index is -2.85. The summed E-state index contributed by atoms with van der Waals surface area (Å²) in [7, 11) is 0. The Balaban J connectivity index is 2.33. The lowest BCUT2D eigenvalue weighted by molar-refractivity contribution is -0.207. The molecule has 3 N–H and O–H groups in total. The normalized spacial score (nSPS) is 33.1. The van der Waals surface area contributed by atoms with Gasteiger partial charge in [-0.3, -0.25) is 4.57 Å². The quantitative estimate of drug-likeness (QED) is 0.588. The molecule has 110 valence electrons. The summed E-state index contributed by atoms with van der Waals surface area (Å²) in [6.07, 6.45) is -3.03. The number of hydrogen-bond donors (Lipinski definition) is 3. The lowest BCUT2D eigenvalue weighted by Crippen LogP contribution is -2.42. The lowest BCUT2D eigenvalue weighted by atomic mass is 10.1. The number of aliphatic hydroxyl groups excluding tert-OH is 3. The average molecular weight is 288 g/mol. The van der Waals surface area contributed by atoms with Crippen LogP contribution in [-0.4, -0.2) is 49.5 Å². The van der Waals surface area contributed by atoms with E-state index in [1.807, 2.05) is 0 Å². The number of nitrogens with zero attached hydrogens (tertiary/aromatic N) is 2. The first kappa shape index (κ1) is 14.6. The van der Waals surface area contributed by atoms with Crippen molar-refractivity contribution in [1.29, 1.82) is 0 Å². The van der Waals surface area contributed by atoms with E-state index in [0.29, 0.717) is 0 Å². The first-order valence-electron chi connectivity index (χ1n) is 5.63. The van der Waals surface area contributed by atoms with E-state index in [-0.39, 0.29) is 5.88 Å². The molecule has 1 aromatic rings. The standard InChI is InChI=1S/C11H13FN2O6/c1-2-19-6-3-4-14(10(18)13-6)9-7(16)8(17)11(12,5-15)20-9/h2-4,7-9,15-17H,1,5H2/t7-,8+,9-,11-/m1/s1. The van der Waals surface area contributed by atoms with Gasteiger partial charge in [0, 0.05) is 12.3 Å². The van der Waals surface area contributed by atoms with Crippen LogP contribution in [0.25, 0.3) is 0 Å². The number of alkyl halides is 1. The van der Waals surface area contributed by atoms with Crippen LogP contribution in [0, 0.1) is 0 Å². The minimum absolute atomic E-state index is 0.0389. The summed E-state index contributed by atoms with van der Waals surface area (Å²) >= 11 is 0. The Morgan fingerprint density at radius 1 is 1.65 bits per heavy atom. The Kier molecular flexibility index (Phi) is 3.86. The Hall–Kier alpha value is -1.81. The third kappa shape index (κ3) is 2.31. The summed E-state index contributed by atoms with van der Waals surface area (Å²) in [5, 5.41) is 28.1. The number of hydrogen-bond acceptors (Lipinski definition) is 7. The third-order valence-corrected chi connectivity index (χ3v) is 2.87. The fourth-order valence-corrected chi connectivity index (χ4v) is 1.85. The molecular weight excluding hydrogens is 275 g/mol. The minimum Gasteiger partial charge on any atom is -0.447 e. The van der Waals surface area contributed by atoms with Gasteiger partial charge in [-0.25, -0.2) is 9.18 Å². The van der Waals surface area contributed by atoms with Gasteiger partial charge in [-0.2, -0.15) is 4.98 Å². The Morgan fingerprint density at radius 3 is 2.85 bits per heavy atom. The van der Waals surface area contributed by atoms with E-state index in [9.17, 15) is 19.4 Å². The molecule has 0 aromatic carbocycles.